The maximum absolute atomic E-state index is 14.7. The van der Waals surface area contributed by atoms with Crippen LogP contribution in [-0.2, 0) is 4.79 Å². The van der Waals surface area contributed by atoms with Crippen LogP contribution >= 0.6 is 0 Å². The standard InChI is InChI=1S/C25H26F2N4O2/c26-17-4-1-16(2-5-17)3-6-21-19-13-23(20(27)14-22(19)30-29-21)28-24(33)25(9-10-25)15-31-11-7-18(32)8-12-31/h1-6,13-14,18,32H,7-12,15H2,(H,28,33)(H,29,30)/b6-3+. The van der Waals surface area contributed by atoms with E-state index in [1.54, 1.807) is 30.4 Å². The summed E-state index contributed by atoms with van der Waals surface area (Å²) in [5.41, 5.74) is 1.57. The van der Waals surface area contributed by atoms with Gasteiger partial charge in [0.25, 0.3) is 0 Å². The van der Waals surface area contributed by atoms with Gasteiger partial charge < -0.3 is 15.3 Å². The van der Waals surface area contributed by atoms with Gasteiger partial charge in [-0.15, -0.1) is 0 Å². The van der Waals surface area contributed by atoms with Crippen LogP contribution in [0, 0.1) is 17.0 Å². The fourth-order valence-electron chi connectivity index (χ4n) is 4.40. The molecule has 1 aliphatic carbocycles. The number of likely N-dealkylation sites (tertiary alicyclic amines) is 1. The van der Waals surface area contributed by atoms with Gasteiger partial charge in [0, 0.05) is 31.1 Å². The highest BCUT2D eigenvalue weighted by molar-refractivity contribution is 6.00. The lowest BCUT2D eigenvalue weighted by atomic mass is 10.0. The van der Waals surface area contributed by atoms with Crippen molar-refractivity contribution in [3.05, 3.63) is 59.3 Å². The molecule has 3 aromatic rings. The molecule has 1 aromatic heterocycles. The average molecular weight is 453 g/mol. The molecule has 5 rings (SSSR count). The Labute approximate surface area is 190 Å². The summed E-state index contributed by atoms with van der Waals surface area (Å²) in [5.74, 6) is -0.997. The number of carbonyl (C=O) groups excluding carboxylic acids is 1. The quantitative estimate of drug-likeness (QED) is 0.524. The van der Waals surface area contributed by atoms with Crippen LogP contribution in [-0.4, -0.2) is 51.8 Å². The SMILES string of the molecule is O=C(Nc1cc2c(/C=C/c3ccc(F)cc3)n[nH]c2cc1F)C1(CN2CCC(O)CC2)CC1. The van der Waals surface area contributed by atoms with Crippen molar-refractivity contribution in [2.45, 2.75) is 31.8 Å². The van der Waals surface area contributed by atoms with Gasteiger partial charge in [-0.3, -0.25) is 9.89 Å². The Morgan fingerprint density at radius 2 is 1.91 bits per heavy atom. The highest BCUT2D eigenvalue weighted by atomic mass is 19.1. The lowest BCUT2D eigenvalue weighted by Crippen LogP contribution is -2.42. The first-order valence-electron chi connectivity index (χ1n) is 11.3. The molecule has 1 aliphatic heterocycles. The van der Waals surface area contributed by atoms with Gasteiger partial charge >= 0.3 is 0 Å². The zero-order valence-electron chi connectivity index (χ0n) is 18.2. The van der Waals surface area contributed by atoms with Crippen LogP contribution < -0.4 is 5.32 Å². The molecule has 1 saturated heterocycles. The zero-order chi connectivity index (χ0) is 23.0. The maximum atomic E-state index is 14.7. The molecule has 2 aliphatic rings. The van der Waals surface area contributed by atoms with Crippen molar-refractivity contribution in [1.82, 2.24) is 15.1 Å². The monoisotopic (exact) mass is 452 g/mol. The highest BCUT2D eigenvalue weighted by Gasteiger charge is 2.51. The number of aromatic amines is 1. The van der Waals surface area contributed by atoms with Crippen LogP contribution in [0.5, 0.6) is 0 Å². The minimum absolute atomic E-state index is 0.130. The number of aliphatic hydroxyl groups is 1. The molecule has 2 fully saturated rings. The van der Waals surface area contributed by atoms with Gasteiger partial charge in [0.15, 0.2) is 0 Å². The number of benzene rings is 2. The summed E-state index contributed by atoms with van der Waals surface area (Å²) in [5, 5.41) is 20.2. The summed E-state index contributed by atoms with van der Waals surface area (Å²) in [7, 11) is 0. The summed E-state index contributed by atoms with van der Waals surface area (Å²) in [6.07, 6.45) is 6.30. The molecule has 172 valence electrons. The van der Waals surface area contributed by atoms with Crippen molar-refractivity contribution >= 4 is 34.6 Å². The predicted molar refractivity (Wildman–Crippen MR) is 123 cm³/mol. The van der Waals surface area contributed by atoms with Crippen LogP contribution in [0.1, 0.15) is 36.9 Å². The number of halogens is 2. The molecule has 1 saturated carbocycles. The lowest BCUT2D eigenvalue weighted by Gasteiger charge is -2.32. The smallest absolute Gasteiger partial charge is 0.231 e. The van der Waals surface area contributed by atoms with E-state index in [1.807, 2.05) is 0 Å². The number of H-pyrrole nitrogens is 1. The predicted octanol–water partition coefficient (Wildman–Crippen LogP) is 4.19. The molecular weight excluding hydrogens is 426 g/mol. The molecule has 0 spiro atoms. The third-order valence-corrected chi connectivity index (χ3v) is 6.65. The third-order valence-electron chi connectivity index (χ3n) is 6.65. The van der Waals surface area contributed by atoms with Crippen LogP contribution in [0.3, 0.4) is 0 Å². The van der Waals surface area contributed by atoms with E-state index >= 15 is 0 Å². The van der Waals surface area contributed by atoms with Crippen molar-refractivity contribution in [2.24, 2.45) is 5.41 Å². The Morgan fingerprint density at radius 1 is 1.18 bits per heavy atom. The van der Waals surface area contributed by atoms with Gasteiger partial charge in [0.1, 0.15) is 11.6 Å². The second-order valence-corrected chi connectivity index (χ2v) is 9.11. The number of hydrogen-bond acceptors (Lipinski definition) is 4. The maximum Gasteiger partial charge on any atom is 0.231 e. The van der Waals surface area contributed by atoms with Crippen LogP contribution in [0.4, 0.5) is 14.5 Å². The Kier molecular flexibility index (Phi) is 5.72. The molecule has 0 bridgehead atoms. The van der Waals surface area contributed by atoms with E-state index in [-0.39, 0.29) is 23.5 Å². The molecule has 0 unspecified atom stereocenters. The molecule has 1 amide bonds. The van der Waals surface area contributed by atoms with Crippen molar-refractivity contribution in [3.8, 4) is 0 Å². The van der Waals surface area contributed by atoms with Crippen molar-refractivity contribution < 1.29 is 18.7 Å². The fourth-order valence-corrected chi connectivity index (χ4v) is 4.40. The topological polar surface area (TPSA) is 81.2 Å². The highest BCUT2D eigenvalue weighted by Crippen LogP contribution is 2.47. The summed E-state index contributed by atoms with van der Waals surface area (Å²) in [4.78, 5) is 15.3. The van der Waals surface area contributed by atoms with Gasteiger partial charge in [0.2, 0.25) is 5.91 Å². The first-order valence-corrected chi connectivity index (χ1v) is 11.3. The Bertz CT molecular complexity index is 1190. The average Bonchev–Trinajstić information content (AvgIpc) is 3.49. The van der Waals surface area contributed by atoms with Gasteiger partial charge in [-0.1, -0.05) is 18.2 Å². The van der Waals surface area contributed by atoms with E-state index < -0.39 is 11.2 Å². The first-order chi connectivity index (χ1) is 15.9. The fraction of sp³-hybridized carbons (Fsp3) is 0.360. The van der Waals surface area contributed by atoms with E-state index in [0.29, 0.717) is 23.1 Å². The number of nitrogens with zero attached hydrogens (tertiary/aromatic N) is 2. The van der Waals surface area contributed by atoms with Crippen molar-refractivity contribution in [2.75, 3.05) is 25.0 Å². The largest absolute Gasteiger partial charge is 0.393 e. The first kappa shape index (κ1) is 21.7. The summed E-state index contributed by atoms with van der Waals surface area (Å²) >= 11 is 0. The number of aliphatic hydroxyl groups excluding tert-OH is 1. The molecular formula is C25H26F2N4O2. The van der Waals surface area contributed by atoms with E-state index in [0.717, 1.165) is 44.3 Å². The number of anilines is 1. The summed E-state index contributed by atoms with van der Waals surface area (Å²) in [6.45, 7) is 2.18. The number of rotatable bonds is 6. The number of piperidine rings is 1. The minimum atomic E-state index is -0.523. The third kappa shape index (κ3) is 4.67. The normalized spacial score (nSPS) is 18.8. The molecule has 3 N–H and O–H groups in total. The molecule has 0 radical (unpaired) electrons. The molecule has 6 nitrogen and oxygen atoms in total. The number of carbonyl (C=O) groups is 1. The van der Waals surface area contributed by atoms with Crippen LogP contribution in [0.2, 0.25) is 0 Å². The summed E-state index contributed by atoms with van der Waals surface area (Å²) in [6, 6.07) is 9.01. The number of amides is 1. The van der Waals surface area contributed by atoms with Crippen LogP contribution in [0.25, 0.3) is 23.1 Å². The lowest BCUT2D eigenvalue weighted by molar-refractivity contribution is -0.122. The van der Waals surface area contributed by atoms with Gasteiger partial charge in [-0.25, -0.2) is 8.78 Å². The van der Waals surface area contributed by atoms with Gasteiger partial charge in [-0.2, -0.15) is 5.10 Å². The number of nitrogens with one attached hydrogen (secondary N) is 2. The van der Waals surface area contributed by atoms with E-state index in [4.69, 9.17) is 0 Å². The van der Waals surface area contributed by atoms with Gasteiger partial charge in [-0.05, 0) is 55.5 Å². The van der Waals surface area contributed by atoms with Crippen molar-refractivity contribution in [1.29, 1.82) is 0 Å². The molecule has 2 aromatic carbocycles. The zero-order valence-corrected chi connectivity index (χ0v) is 18.2. The second-order valence-electron chi connectivity index (χ2n) is 9.11. The number of aromatic nitrogens is 2. The number of hydrogen-bond donors (Lipinski definition) is 3. The second kappa shape index (κ2) is 8.68. The summed E-state index contributed by atoms with van der Waals surface area (Å²) < 4.78 is 27.8. The van der Waals surface area contributed by atoms with Crippen LogP contribution in [0.15, 0.2) is 36.4 Å². The van der Waals surface area contributed by atoms with E-state index in [9.17, 15) is 18.7 Å². The minimum Gasteiger partial charge on any atom is -0.393 e. The Balaban J connectivity index is 1.33. The van der Waals surface area contributed by atoms with Gasteiger partial charge in [0.05, 0.1) is 28.4 Å². The van der Waals surface area contributed by atoms with Crippen molar-refractivity contribution in [3.63, 3.8) is 0 Å². The molecule has 0 atom stereocenters. The molecule has 2 heterocycles. The molecule has 33 heavy (non-hydrogen) atoms. The Hall–Kier alpha value is -3.10. The Morgan fingerprint density at radius 3 is 2.61 bits per heavy atom. The molecule has 8 heteroatoms. The van der Waals surface area contributed by atoms with E-state index in [2.05, 4.69) is 20.4 Å². The number of fused-ring (bicyclic) bond motifs is 1. The van der Waals surface area contributed by atoms with E-state index in [1.165, 1.54) is 18.2 Å².